The fourth-order valence-electron chi connectivity index (χ4n) is 1.63. The van der Waals surface area contributed by atoms with Crippen molar-refractivity contribution in [3.63, 3.8) is 0 Å². The van der Waals surface area contributed by atoms with Crippen LogP contribution >= 0.6 is 11.8 Å². The van der Waals surface area contributed by atoms with Gasteiger partial charge in [-0.1, -0.05) is 25.6 Å². The van der Waals surface area contributed by atoms with Crippen LogP contribution in [0.1, 0.15) is 38.4 Å². The molecule has 0 spiro atoms. The van der Waals surface area contributed by atoms with E-state index in [-0.39, 0.29) is 5.75 Å². The molecule has 0 bridgehead atoms. The molecule has 0 saturated heterocycles. The molecule has 0 saturated carbocycles. The Morgan fingerprint density at radius 3 is 2.69 bits per heavy atom. The summed E-state index contributed by atoms with van der Waals surface area (Å²) in [5.41, 5.74) is 0.944. The van der Waals surface area contributed by atoms with Crippen LogP contribution < -0.4 is 0 Å². The van der Waals surface area contributed by atoms with Crippen molar-refractivity contribution in [1.82, 2.24) is 9.78 Å². The van der Waals surface area contributed by atoms with Gasteiger partial charge in [0.1, 0.15) is 0 Å². The van der Waals surface area contributed by atoms with E-state index >= 15 is 0 Å². The second kappa shape index (κ2) is 5.94. The number of hydrogen-bond donors (Lipinski definition) is 1. The normalized spacial score (nSPS) is 11.0. The summed E-state index contributed by atoms with van der Waals surface area (Å²) < 4.78 is 1.96. The Bertz CT molecular complexity index is 359. The molecule has 0 aliphatic carbocycles. The molecule has 1 aromatic rings. The van der Waals surface area contributed by atoms with Gasteiger partial charge in [0.15, 0.2) is 0 Å². The van der Waals surface area contributed by atoms with E-state index in [2.05, 4.69) is 18.9 Å². The van der Waals surface area contributed by atoms with Crippen LogP contribution in [0, 0.1) is 6.92 Å². The highest BCUT2D eigenvalue weighted by molar-refractivity contribution is 7.99. The van der Waals surface area contributed by atoms with Crippen LogP contribution in [0.4, 0.5) is 0 Å². The second-order valence-corrected chi connectivity index (χ2v) is 4.72. The first-order valence-electron chi connectivity index (χ1n) is 5.49. The maximum atomic E-state index is 10.5. The standard InChI is InChI=1S/C11H18N2O2S/c1-4-9(5-2)13-10(6-8(3)12-13)16-7-11(14)15/h6,9H,4-5,7H2,1-3H3,(H,14,15). The van der Waals surface area contributed by atoms with Crippen molar-refractivity contribution in [3.05, 3.63) is 11.8 Å². The zero-order valence-electron chi connectivity index (χ0n) is 9.93. The smallest absolute Gasteiger partial charge is 0.313 e. The summed E-state index contributed by atoms with van der Waals surface area (Å²) in [6, 6.07) is 2.32. The Labute approximate surface area is 100 Å². The molecular weight excluding hydrogens is 224 g/mol. The monoisotopic (exact) mass is 242 g/mol. The molecular formula is C11H18N2O2S. The van der Waals surface area contributed by atoms with Crippen LogP contribution in [0.3, 0.4) is 0 Å². The summed E-state index contributed by atoms with van der Waals surface area (Å²) in [5, 5.41) is 14.1. The van der Waals surface area contributed by atoms with Gasteiger partial charge in [-0.3, -0.25) is 9.48 Å². The lowest BCUT2D eigenvalue weighted by Gasteiger charge is -2.15. The Hall–Kier alpha value is -0.970. The SMILES string of the molecule is CCC(CC)n1nc(C)cc1SCC(=O)O. The Balaban J connectivity index is 2.85. The Morgan fingerprint density at radius 1 is 1.56 bits per heavy atom. The number of rotatable bonds is 6. The maximum absolute atomic E-state index is 10.5. The fourth-order valence-corrected chi connectivity index (χ4v) is 2.48. The highest BCUT2D eigenvalue weighted by atomic mass is 32.2. The summed E-state index contributed by atoms with van der Waals surface area (Å²) >= 11 is 1.34. The molecule has 1 N–H and O–H groups in total. The van der Waals surface area contributed by atoms with E-state index in [1.807, 2.05) is 17.7 Å². The van der Waals surface area contributed by atoms with Crippen molar-refractivity contribution in [3.8, 4) is 0 Å². The lowest BCUT2D eigenvalue weighted by atomic mass is 10.2. The maximum Gasteiger partial charge on any atom is 0.313 e. The van der Waals surface area contributed by atoms with E-state index in [1.54, 1.807) is 0 Å². The molecule has 1 heterocycles. The first-order chi connectivity index (χ1) is 7.58. The number of thioether (sulfide) groups is 1. The van der Waals surface area contributed by atoms with E-state index in [9.17, 15) is 4.79 Å². The van der Waals surface area contributed by atoms with Crippen LogP contribution in [0.25, 0.3) is 0 Å². The summed E-state index contributed by atoms with van der Waals surface area (Å²) in [6.07, 6.45) is 2.02. The third-order valence-corrected chi connectivity index (χ3v) is 3.45. The van der Waals surface area contributed by atoms with Gasteiger partial charge in [-0.2, -0.15) is 5.10 Å². The van der Waals surface area contributed by atoms with Gasteiger partial charge in [-0.25, -0.2) is 0 Å². The number of carboxylic acid groups (broad SMARTS) is 1. The van der Waals surface area contributed by atoms with Gasteiger partial charge in [0.25, 0.3) is 0 Å². The zero-order valence-corrected chi connectivity index (χ0v) is 10.8. The lowest BCUT2D eigenvalue weighted by Crippen LogP contribution is -2.11. The number of aryl methyl sites for hydroxylation is 1. The molecule has 1 aromatic heterocycles. The van der Waals surface area contributed by atoms with Gasteiger partial charge in [-0.05, 0) is 25.8 Å². The molecule has 0 aliphatic heterocycles. The molecule has 4 nitrogen and oxygen atoms in total. The zero-order chi connectivity index (χ0) is 12.1. The number of hydrogen-bond acceptors (Lipinski definition) is 3. The van der Waals surface area contributed by atoms with Gasteiger partial charge >= 0.3 is 5.97 Å². The van der Waals surface area contributed by atoms with Gasteiger partial charge in [0, 0.05) is 0 Å². The first-order valence-corrected chi connectivity index (χ1v) is 6.47. The lowest BCUT2D eigenvalue weighted by molar-refractivity contribution is -0.133. The molecule has 0 amide bonds. The molecule has 0 aliphatic rings. The van der Waals surface area contributed by atoms with Crippen molar-refractivity contribution in [2.75, 3.05) is 5.75 Å². The fraction of sp³-hybridized carbons (Fsp3) is 0.636. The number of carboxylic acids is 1. The minimum Gasteiger partial charge on any atom is -0.481 e. The van der Waals surface area contributed by atoms with E-state index in [0.717, 1.165) is 23.6 Å². The molecule has 0 unspecified atom stereocenters. The molecule has 0 fully saturated rings. The van der Waals surface area contributed by atoms with Crippen molar-refractivity contribution in [2.24, 2.45) is 0 Å². The van der Waals surface area contributed by atoms with Crippen molar-refractivity contribution < 1.29 is 9.90 Å². The van der Waals surface area contributed by atoms with Crippen LogP contribution in [0.15, 0.2) is 11.1 Å². The topological polar surface area (TPSA) is 55.1 Å². The van der Waals surface area contributed by atoms with Gasteiger partial charge in [0.05, 0.1) is 22.5 Å². The average molecular weight is 242 g/mol. The highest BCUT2D eigenvalue weighted by Gasteiger charge is 2.14. The molecule has 0 atom stereocenters. The highest BCUT2D eigenvalue weighted by Crippen LogP contribution is 2.25. The summed E-state index contributed by atoms with van der Waals surface area (Å²) in [7, 11) is 0. The Kier molecular flexibility index (Phi) is 4.86. The summed E-state index contributed by atoms with van der Waals surface area (Å²) in [4.78, 5) is 10.5. The molecule has 90 valence electrons. The van der Waals surface area contributed by atoms with E-state index < -0.39 is 5.97 Å². The molecule has 5 heteroatoms. The molecule has 1 rings (SSSR count). The predicted molar refractivity (Wildman–Crippen MR) is 64.9 cm³/mol. The average Bonchev–Trinajstić information content (AvgIpc) is 2.59. The van der Waals surface area contributed by atoms with Gasteiger partial charge in [-0.15, -0.1) is 0 Å². The van der Waals surface area contributed by atoms with Gasteiger partial charge < -0.3 is 5.11 Å². The largest absolute Gasteiger partial charge is 0.481 e. The van der Waals surface area contributed by atoms with Crippen LogP contribution in [-0.4, -0.2) is 26.6 Å². The predicted octanol–water partition coefficient (Wildman–Crippen LogP) is 2.73. The quantitative estimate of drug-likeness (QED) is 0.779. The number of nitrogens with zero attached hydrogens (tertiary/aromatic N) is 2. The minimum atomic E-state index is -0.792. The van der Waals surface area contributed by atoms with Gasteiger partial charge in [0.2, 0.25) is 0 Å². The van der Waals surface area contributed by atoms with Crippen LogP contribution in [-0.2, 0) is 4.79 Å². The van der Waals surface area contributed by atoms with Crippen molar-refractivity contribution >= 4 is 17.7 Å². The number of carbonyl (C=O) groups is 1. The third kappa shape index (κ3) is 3.27. The van der Waals surface area contributed by atoms with E-state index in [0.29, 0.717) is 6.04 Å². The second-order valence-electron chi connectivity index (χ2n) is 3.72. The van der Waals surface area contributed by atoms with Crippen LogP contribution in [0.5, 0.6) is 0 Å². The third-order valence-electron chi connectivity index (χ3n) is 2.46. The number of aromatic nitrogens is 2. The first kappa shape index (κ1) is 13.1. The van der Waals surface area contributed by atoms with Crippen LogP contribution in [0.2, 0.25) is 0 Å². The Morgan fingerprint density at radius 2 is 2.19 bits per heavy atom. The minimum absolute atomic E-state index is 0.0886. The van der Waals surface area contributed by atoms with E-state index in [1.165, 1.54) is 11.8 Å². The van der Waals surface area contributed by atoms with Crippen molar-refractivity contribution in [1.29, 1.82) is 0 Å². The summed E-state index contributed by atoms with van der Waals surface area (Å²) in [5.74, 6) is -0.703. The molecule has 0 radical (unpaired) electrons. The number of aliphatic carboxylic acids is 1. The summed E-state index contributed by atoms with van der Waals surface area (Å²) in [6.45, 7) is 6.18. The molecule has 0 aromatic carbocycles. The van der Waals surface area contributed by atoms with E-state index in [4.69, 9.17) is 5.11 Å². The van der Waals surface area contributed by atoms with Crippen molar-refractivity contribution in [2.45, 2.75) is 44.7 Å². The molecule has 16 heavy (non-hydrogen) atoms.